The second-order valence-electron chi connectivity index (χ2n) is 6.65. The monoisotopic (exact) mass is 402 g/mol. The van der Waals surface area contributed by atoms with Gasteiger partial charge >= 0.3 is 0 Å². The highest BCUT2D eigenvalue weighted by atomic mass is 32.1. The Balaban J connectivity index is 1.76. The molecule has 4 rings (SSSR count). The van der Waals surface area contributed by atoms with Gasteiger partial charge in [-0.2, -0.15) is 0 Å². The van der Waals surface area contributed by atoms with Crippen molar-refractivity contribution in [1.82, 2.24) is 4.98 Å². The van der Waals surface area contributed by atoms with Crippen LogP contribution in [0.1, 0.15) is 19.0 Å². The SMILES string of the molecule is CC(=O)Nc1oc(-c2ccc(-c3ccccc3)cc2O)nc1C1=CC(=S)CC=C1. The molecule has 1 aromatic heterocycles. The average Bonchev–Trinajstić information content (AvgIpc) is 3.11. The van der Waals surface area contributed by atoms with Gasteiger partial charge < -0.3 is 9.52 Å². The molecule has 2 N–H and O–H groups in total. The number of nitrogens with zero attached hydrogens (tertiary/aromatic N) is 1. The van der Waals surface area contributed by atoms with Crippen LogP contribution in [0.2, 0.25) is 0 Å². The van der Waals surface area contributed by atoms with Crippen LogP contribution in [0.5, 0.6) is 5.75 Å². The molecule has 1 aliphatic rings. The van der Waals surface area contributed by atoms with Crippen molar-refractivity contribution >= 4 is 34.4 Å². The number of hydrogen-bond acceptors (Lipinski definition) is 5. The lowest BCUT2D eigenvalue weighted by Gasteiger charge is -2.06. The fraction of sp³-hybridized carbons (Fsp3) is 0.0870. The minimum absolute atomic E-state index is 0.0391. The zero-order valence-corrected chi connectivity index (χ0v) is 16.5. The fourth-order valence-corrected chi connectivity index (χ4v) is 3.35. The number of anilines is 1. The number of aromatic hydroxyl groups is 1. The van der Waals surface area contributed by atoms with Gasteiger partial charge in [-0.1, -0.05) is 60.8 Å². The first-order valence-corrected chi connectivity index (χ1v) is 9.51. The van der Waals surface area contributed by atoms with Gasteiger partial charge in [-0.05, 0) is 29.3 Å². The lowest BCUT2D eigenvalue weighted by molar-refractivity contribution is -0.114. The molecule has 5 nitrogen and oxygen atoms in total. The van der Waals surface area contributed by atoms with Gasteiger partial charge in [-0.3, -0.25) is 10.1 Å². The molecule has 29 heavy (non-hydrogen) atoms. The van der Waals surface area contributed by atoms with Gasteiger partial charge in [0.2, 0.25) is 17.7 Å². The maximum absolute atomic E-state index is 11.6. The van der Waals surface area contributed by atoms with E-state index in [-0.39, 0.29) is 23.4 Å². The lowest BCUT2D eigenvalue weighted by Crippen LogP contribution is -2.07. The lowest BCUT2D eigenvalue weighted by atomic mass is 10.0. The first kappa shape index (κ1) is 18.8. The molecule has 0 saturated heterocycles. The number of carbonyl (C=O) groups is 1. The van der Waals surface area contributed by atoms with Crippen molar-refractivity contribution in [1.29, 1.82) is 0 Å². The Morgan fingerprint density at radius 3 is 2.66 bits per heavy atom. The van der Waals surface area contributed by atoms with Gasteiger partial charge in [-0.15, -0.1) is 0 Å². The molecular weight excluding hydrogens is 384 g/mol. The molecule has 3 aromatic rings. The van der Waals surface area contributed by atoms with Crippen molar-refractivity contribution < 1.29 is 14.3 Å². The maximum atomic E-state index is 11.6. The number of thiocarbonyl (C=S) groups is 1. The molecule has 1 heterocycles. The largest absolute Gasteiger partial charge is 0.507 e. The third-order valence-electron chi connectivity index (χ3n) is 4.46. The summed E-state index contributed by atoms with van der Waals surface area (Å²) in [5.74, 6) is 0.198. The maximum Gasteiger partial charge on any atom is 0.233 e. The van der Waals surface area contributed by atoms with Gasteiger partial charge in [0, 0.05) is 23.8 Å². The van der Waals surface area contributed by atoms with E-state index in [0.717, 1.165) is 21.6 Å². The Hall–Kier alpha value is -3.51. The first-order chi connectivity index (χ1) is 14.0. The Kier molecular flexibility index (Phi) is 5.10. The second kappa shape index (κ2) is 7.85. The van der Waals surface area contributed by atoms with Crippen molar-refractivity contribution in [2.45, 2.75) is 13.3 Å². The van der Waals surface area contributed by atoms with Crippen molar-refractivity contribution in [2.24, 2.45) is 0 Å². The van der Waals surface area contributed by atoms with E-state index in [1.807, 2.05) is 54.6 Å². The van der Waals surface area contributed by atoms with Crippen LogP contribution in [0.3, 0.4) is 0 Å². The topological polar surface area (TPSA) is 75.4 Å². The highest BCUT2D eigenvalue weighted by Crippen LogP contribution is 2.37. The molecule has 0 aliphatic heterocycles. The molecule has 0 atom stereocenters. The zero-order valence-electron chi connectivity index (χ0n) is 15.7. The van der Waals surface area contributed by atoms with E-state index in [4.69, 9.17) is 16.6 Å². The van der Waals surface area contributed by atoms with Crippen LogP contribution in [0.25, 0.3) is 28.2 Å². The Morgan fingerprint density at radius 1 is 1.17 bits per heavy atom. The number of phenols is 1. The first-order valence-electron chi connectivity index (χ1n) is 9.10. The molecule has 0 saturated carbocycles. The Labute approximate surface area is 173 Å². The Morgan fingerprint density at radius 2 is 1.97 bits per heavy atom. The number of allylic oxidation sites excluding steroid dienone is 4. The molecule has 0 spiro atoms. The average molecular weight is 402 g/mol. The molecule has 0 fully saturated rings. The number of hydrogen-bond donors (Lipinski definition) is 2. The van der Waals surface area contributed by atoms with Gasteiger partial charge in [-0.25, -0.2) is 4.98 Å². The van der Waals surface area contributed by atoms with Crippen molar-refractivity contribution in [3.05, 3.63) is 72.5 Å². The molecule has 1 aliphatic carbocycles. The molecule has 1 amide bonds. The highest BCUT2D eigenvalue weighted by Gasteiger charge is 2.21. The third kappa shape index (κ3) is 4.02. The van der Waals surface area contributed by atoms with Crippen molar-refractivity contribution in [3.8, 4) is 28.3 Å². The van der Waals surface area contributed by atoms with Gasteiger partial charge in [0.1, 0.15) is 11.4 Å². The standard InChI is InChI=1S/C23H18N2O3S/c1-14(26)24-23-21(17-8-5-9-18(29)12-17)25-22(28-23)19-11-10-16(13-20(19)27)15-6-3-2-4-7-15/h2-8,10-13,27H,9H2,1H3,(H,24,26). The van der Waals surface area contributed by atoms with Crippen LogP contribution in [-0.4, -0.2) is 20.9 Å². The van der Waals surface area contributed by atoms with E-state index in [1.54, 1.807) is 12.1 Å². The van der Waals surface area contributed by atoms with Gasteiger partial charge in [0.15, 0.2) is 0 Å². The smallest absolute Gasteiger partial charge is 0.233 e. The third-order valence-corrected chi connectivity index (χ3v) is 4.74. The molecule has 0 unspecified atom stereocenters. The van der Waals surface area contributed by atoms with Crippen LogP contribution in [0, 0.1) is 0 Å². The minimum Gasteiger partial charge on any atom is -0.507 e. The van der Waals surface area contributed by atoms with E-state index in [9.17, 15) is 9.90 Å². The van der Waals surface area contributed by atoms with Crippen LogP contribution in [0.4, 0.5) is 5.88 Å². The van der Waals surface area contributed by atoms with Crippen LogP contribution >= 0.6 is 12.2 Å². The highest BCUT2D eigenvalue weighted by molar-refractivity contribution is 7.80. The summed E-state index contributed by atoms with van der Waals surface area (Å²) in [6, 6.07) is 15.1. The molecule has 2 aromatic carbocycles. The fourth-order valence-electron chi connectivity index (χ4n) is 3.13. The summed E-state index contributed by atoms with van der Waals surface area (Å²) in [7, 11) is 0. The summed E-state index contributed by atoms with van der Waals surface area (Å²) in [4.78, 5) is 16.9. The molecule has 0 radical (unpaired) electrons. The number of nitrogens with one attached hydrogen (secondary N) is 1. The molecule has 6 heteroatoms. The van der Waals surface area contributed by atoms with E-state index in [1.165, 1.54) is 6.92 Å². The summed E-state index contributed by atoms with van der Waals surface area (Å²) in [5.41, 5.74) is 3.53. The predicted octanol–water partition coefficient (Wildman–Crippen LogP) is 5.39. The zero-order chi connectivity index (χ0) is 20.4. The van der Waals surface area contributed by atoms with Crippen LogP contribution in [0.15, 0.2) is 71.2 Å². The number of rotatable bonds is 4. The summed E-state index contributed by atoms with van der Waals surface area (Å²) < 4.78 is 5.81. The summed E-state index contributed by atoms with van der Waals surface area (Å²) in [5, 5.41) is 13.3. The predicted molar refractivity (Wildman–Crippen MR) is 118 cm³/mol. The quantitative estimate of drug-likeness (QED) is 0.573. The summed E-state index contributed by atoms with van der Waals surface area (Å²) >= 11 is 5.28. The number of aromatic nitrogens is 1. The molecule has 144 valence electrons. The number of benzene rings is 2. The van der Waals surface area contributed by atoms with E-state index in [0.29, 0.717) is 17.7 Å². The minimum atomic E-state index is -0.277. The van der Waals surface area contributed by atoms with Gasteiger partial charge in [0.25, 0.3) is 0 Å². The number of phenolic OH excluding ortho intramolecular Hbond substituents is 1. The van der Waals surface area contributed by atoms with Gasteiger partial charge in [0.05, 0.1) is 5.56 Å². The van der Waals surface area contributed by atoms with Crippen LogP contribution in [-0.2, 0) is 4.79 Å². The summed E-state index contributed by atoms with van der Waals surface area (Å²) in [6.07, 6.45) is 6.36. The Bertz CT molecular complexity index is 1160. The van der Waals surface area contributed by atoms with E-state index < -0.39 is 0 Å². The number of carbonyl (C=O) groups excluding carboxylic acids is 1. The summed E-state index contributed by atoms with van der Waals surface area (Å²) in [6.45, 7) is 1.40. The van der Waals surface area contributed by atoms with Crippen molar-refractivity contribution in [2.75, 3.05) is 5.32 Å². The van der Waals surface area contributed by atoms with E-state index in [2.05, 4.69) is 10.3 Å². The normalized spacial score (nSPS) is 13.3. The number of oxazole rings is 1. The van der Waals surface area contributed by atoms with E-state index >= 15 is 0 Å². The molecule has 0 bridgehead atoms. The van der Waals surface area contributed by atoms with Crippen molar-refractivity contribution in [3.63, 3.8) is 0 Å². The van der Waals surface area contributed by atoms with Crippen LogP contribution < -0.4 is 5.32 Å². The second-order valence-corrected chi connectivity index (χ2v) is 7.17. The number of amides is 1. The molecular formula is C23H18N2O3S.